The van der Waals surface area contributed by atoms with Gasteiger partial charge in [0.25, 0.3) is 0 Å². The third-order valence-corrected chi connectivity index (χ3v) is 4.01. The molecular formula is C16H21F3N2O. The Kier molecular flexibility index (Phi) is 5.45. The Bertz CT molecular complexity index is 499. The third-order valence-electron chi connectivity index (χ3n) is 4.01. The fraction of sp³-hybridized carbons (Fsp3) is 0.562. The van der Waals surface area contributed by atoms with Gasteiger partial charge >= 0.3 is 6.18 Å². The number of hydrogen-bond acceptors (Lipinski definition) is 2. The van der Waals surface area contributed by atoms with E-state index in [0.29, 0.717) is 18.7 Å². The first kappa shape index (κ1) is 16.8. The summed E-state index contributed by atoms with van der Waals surface area (Å²) in [5.74, 6) is -1.31. The molecule has 0 aromatic heterocycles. The highest BCUT2D eigenvalue weighted by Crippen LogP contribution is 2.37. The van der Waals surface area contributed by atoms with E-state index >= 15 is 0 Å². The lowest BCUT2D eigenvalue weighted by atomic mass is 9.85. The Hall–Kier alpha value is -1.56. The third kappa shape index (κ3) is 5.02. The number of carbonyl (C=O) groups is 1. The molecule has 22 heavy (non-hydrogen) atoms. The van der Waals surface area contributed by atoms with Crippen molar-refractivity contribution in [2.24, 2.45) is 5.92 Å². The fourth-order valence-electron chi connectivity index (χ4n) is 2.84. The number of hydrogen-bond donors (Lipinski definition) is 2. The predicted octanol–water partition coefficient (Wildman–Crippen LogP) is 3.86. The van der Waals surface area contributed by atoms with Crippen molar-refractivity contribution in [3.8, 4) is 0 Å². The minimum atomic E-state index is -4.08. The van der Waals surface area contributed by atoms with Crippen molar-refractivity contribution in [2.75, 3.05) is 5.32 Å². The molecule has 0 saturated heterocycles. The Morgan fingerprint density at radius 1 is 1.23 bits per heavy atom. The number of benzene rings is 1. The zero-order valence-electron chi connectivity index (χ0n) is 12.5. The maximum atomic E-state index is 12.8. The molecule has 2 N–H and O–H groups in total. The van der Waals surface area contributed by atoms with Gasteiger partial charge in [-0.05, 0) is 37.0 Å². The van der Waals surface area contributed by atoms with E-state index in [9.17, 15) is 18.0 Å². The standard InChI is InChI=1S/C16H21F3N2O/c1-11(22)21-14-7-5-12(6-8-14)10-20-15-4-2-3-13(9-15)16(17,18)19/h5-8,13,15,20H,2-4,9-10H2,1H3,(H,21,22). The summed E-state index contributed by atoms with van der Waals surface area (Å²) in [6.07, 6.45) is -2.28. The number of halogens is 3. The molecule has 1 aromatic carbocycles. The first-order valence-corrected chi connectivity index (χ1v) is 7.51. The van der Waals surface area contributed by atoms with Crippen LogP contribution in [0.1, 0.15) is 38.2 Å². The maximum Gasteiger partial charge on any atom is 0.391 e. The molecule has 122 valence electrons. The van der Waals surface area contributed by atoms with Gasteiger partial charge in [0.15, 0.2) is 0 Å². The second-order valence-corrected chi connectivity index (χ2v) is 5.86. The van der Waals surface area contributed by atoms with E-state index in [-0.39, 0.29) is 24.8 Å². The number of nitrogens with one attached hydrogen (secondary N) is 2. The van der Waals surface area contributed by atoms with E-state index < -0.39 is 12.1 Å². The van der Waals surface area contributed by atoms with Crippen LogP contribution in [0.2, 0.25) is 0 Å². The number of alkyl halides is 3. The Morgan fingerprint density at radius 2 is 1.91 bits per heavy atom. The van der Waals surface area contributed by atoms with Gasteiger partial charge in [-0.25, -0.2) is 0 Å². The lowest BCUT2D eigenvalue weighted by molar-refractivity contribution is -0.183. The first-order valence-electron chi connectivity index (χ1n) is 7.51. The summed E-state index contributed by atoms with van der Waals surface area (Å²) < 4.78 is 38.3. The second-order valence-electron chi connectivity index (χ2n) is 5.86. The normalized spacial score (nSPS) is 22.4. The minimum absolute atomic E-state index is 0.0876. The summed E-state index contributed by atoms with van der Waals surface area (Å²) in [5, 5.41) is 5.89. The zero-order chi connectivity index (χ0) is 16.2. The van der Waals surface area contributed by atoms with Crippen molar-refractivity contribution in [3.05, 3.63) is 29.8 Å². The van der Waals surface area contributed by atoms with Crippen LogP contribution in [-0.2, 0) is 11.3 Å². The molecule has 2 rings (SSSR count). The summed E-state index contributed by atoms with van der Waals surface area (Å²) >= 11 is 0. The summed E-state index contributed by atoms with van der Waals surface area (Å²) in [6, 6.07) is 7.22. The number of amides is 1. The summed E-state index contributed by atoms with van der Waals surface area (Å²) in [4.78, 5) is 10.9. The molecule has 6 heteroatoms. The van der Waals surface area contributed by atoms with Crippen molar-refractivity contribution >= 4 is 11.6 Å². The molecule has 2 atom stereocenters. The molecule has 0 aliphatic heterocycles. The van der Waals surface area contributed by atoms with E-state index in [0.717, 1.165) is 12.0 Å². The quantitative estimate of drug-likeness (QED) is 0.886. The number of rotatable bonds is 4. The van der Waals surface area contributed by atoms with Crippen LogP contribution in [-0.4, -0.2) is 18.1 Å². The number of anilines is 1. The lowest BCUT2D eigenvalue weighted by Crippen LogP contribution is -2.38. The average Bonchev–Trinajstić information content (AvgIpc) is 2.45. The molecule has 1 aliphatic rings. The van der Waals surface area contributed by atoms with E-state index in [1.807, 2.05) is 12.1 Å². The molecule has 1 amide bonds. The minimum Gasteiger partial charge on any atom is -0.326 e. The molecule has 2 unspecified atom stereocenters. The monoisotopic (exact) mass is 314 g/mol. The van der Waals surface area contributed by atoms with Crippen LogP contribution in [0.5, 0.6) is 0 Å². The van der Waals surface area contributed by atoms with Crippen LogP contribution in [0.15, 0.2) is 24.3 Å². The van der Waals surface area contributed by atoms with Gasteiger partial charge in [0.05, 0.1) is 5.92 Å². The fourth-order valence-corrected chi connectivity index (χ4v) is 2.84. The second kappa shape index (κ2) is 7.13. The highest BCUT2D eigenvalue weighted by molar-refractivity contribution is 5.88. The van der Waals surface area contributed by atoms with Crippen molar-refractivity contribution in [1.82, 2.24) is 5.32 Å². The van der Waals surface area contributed by atoms with Crippen LogP contribution in [0, 0.1) is 5.92 Å². The molecule has 0 heterocycles. The zero-order valence-corrected chi connectivity index (χ0v) is 12.5. The SMILES string of the molecule is CC(=O)Nc1ccc(CNC2CCCC(C(F)(F)F)C2)cc1. The first-order chi connectivity index (χ1) is 10.3. The Morgan fingerprint density at radius 3 is 2.50 bits per heavy atom. The lowest BCUT2D eigenvalue weighted by Gasteiger charge is -2.31. The van der Waals surface area contributed by atoms with Crippen LogP contribution >= 0.6 is 0 Å². The average molecular weight is 314 g/mol. The van der Waals surface area contributed by atoms with Gasteiger partial charge in [0.2, 0.25) is 5.91 Å². The highest BCUT2D eigenvalue weighted by Gasteiger charge is 2.41. The van der Waals surface area contributed by atoms with Gasteiger partial charge < -0.3 is 10.6 Å². The van der Waals surface area contributed by atoms with Gasteiger partial charge in [0, 0.05) is 25.2 Å². The number of carbonyl (C=O) groups excluding carboxylic acids is 1. The Balaban J connectivity index is 1.83. The van der Waals surface area contributed by atoms with Gasteiger partial charge in [-0.1, -0.05) is 18.6 Å². The van der Waals surface area contributed by atoms with Crippen molar-refractivity contribution in [1.29, 1.82) is 0 Å². The summed E-state index contributed by atoms with van der Waals surface area (Å²) in [7, 11) is 0. The predicted molar refractivity (Wildman–Crippen MR) is 79.4 cm³/mol. The topological polar surface area (TPSA) is 41.1 Å². The molecule has 1 fully saturated rings. The molecular weight excluding hydrogens is 293 g/mol. The van der Waals surface area contributed by atoms with E-state index in [2.05, 4.69) is 10.6 Å². The van der Waals surface area contributed by atoms with Gasteiger partial charge in [0.1, 0.15) is 0 Å². The Labute approximate surface area is 128 Å². The van der Waals surface area contributed by atoms with Gasteiger partial charge in [-0.3, -0.25) is 4.79 Å². The molecule has 0 spiro atoms. The van der Waals surface area contributed by atoms with E-state index in [1.54, 1.807) is 12.1 Å². The van der Waals surface area contributed by atoms with E-state index in [4.69, 9.17) is 0 Å². The van der Waals surface area contributed by atoms with Crippen LogP contribution in [0.4, 0.5) is 18.9 Å². The summed E-state index contributed by atoms with van der Waals surface area (Å²) in [6.45, 7) is 1.98. The maximum absolute atomic E-state index is 12.8. The van der Waals surface area contributed by atoms with Crippen LogP contribution in [0.3, 0.4) is 0 Å². The van der Waals surface area contributed by atoms with Crippen LogP contribution < -0.4 is 10.6 Å². The molecule has 1 saturated carbocycles. The van der Waals surface area contributed by atoms with Gasteiger partial charge in [-0.15, -0.1) is 0 Å². The van der Waals surface area contributed by atoms with E-state index in [1.165, 1.54) is 6.92 Å². The molecule has 1 aromatic rings. The molecule has 0 radical (unpaired) electrons. The van der Waals surface area contributed by atoms with Gasteiger partial charge in [-0.2, -0.15) is 13.2 Å². The summed E-state index contributed by atoms with van der Waals surface area (Å²) in [5.41, 5.74) is 1.70. The van der Waals surface area contributed by atoms with Crippen LogP contribution in [0.25, 0.3) is 0 Å². The molecule has 0 bridgehead atoms. The highest BCUT2D eigenvalue weighted by atomic mass is 19.4. The smallest absolute Gasteiger partial charge is 0.326 e. The largest absolute Gasteiger partial charge is 0.391 e. The molecule has 1 aliphatic carbocycles. The van der Waals surface area contributed by atoms with Crippen molar-refractivity contribution in [2.45, 2.75) is 51.4 Å². The van der Waals surface area contributed by atoms with Crippen molar-refractivity contribution < 1.29 is 18.0 Å². The van der Waals surface area contributed by atoms with Crippen molar-refractivity contribution in [3.63, 3.8) is 0 Å². The molecule has 3 nitrogen and oxygen atoms in total.